The van der Waals surface area contributed by atoms with Crippen molar-refractivity contribution in [2.24, 2.45) is 5.11 Å². The lowest BCUT2D eigenvalue weighted by molar-refractivity contribution is -0.169. The fourth-order valence-electron chi connectivity index (χ4n) is 3.54. The SMILES string of the molecule is CO[C@@H]1O[C@H]([C@@H](CN=[N+]=[N-])OCc2ccccc2)[C@H](OCc2ccccc2)[C@H]1OS(=O)(=O)C(F)(F)F. The van der Waals surface area contributed by atoms with E-state index in [0.29, 0.717) is 5.56 Å². The molecule has 14 heteroatoms. The summed E-state index contributed by atoms with van der Waals surface area (Å²) >= 11 is 0. The van der Waals surface area contributed by atoms with Crippen molar-refractivity contribution in [2.45, 2.75) is 49.4 Å². The fraction of sp³-hybridized carbons (Fsp3) is 0.455. The normalized spacial score (nSPS) is 23.2. The maximum Gasteiger partial charge on any atom is 0.523 e. The van der Waals surface area contributed by atoms with Gasteiger partial charge in [-0.15, -0.1) is 0 Å². The molecule has 1 fully saturated rings. The van der Waals surface area contributed by atoms with Crippen LogP contribution in [0.4, 0.5) is 13.2 Å². The summed E-state index contributed by atoms with van der Waals surface area (Å²) in [6, 6.07) is 17.6. The smallest absolute Gasteiger partial charge is 0.371 e. The maximum atomic E-state index is 13.1. The molecule has 0 radical (unpaired) electrons. The molecule has 2 aromatic rings. The molecule has 1 saturated heterocycles. The molecular formula is C22H24F3N3O7S. The molecule has 1 aliphatic rings. The van der Waals surface area contributed by atoms with Crippen molar-refractivity contribution < 1.29 is 44.7 Å². The largest absolute Gasteiger partial charge is 0.523 e. The van der Waals surface area contributed by atoms with E-state index in [0.717, 1.165) is 12.7 Å². The first-order valence-electron chi connectivity index (χ1n) is 10.7. The lowest BCUT2D eigenvalue weighted by Gasteiger charge is -2.28. The van der Waals surface area contributed by atoms with Crippen molar-refractivity contribution in [1.29, 1.82) is 0 Å². The number of nitrogens with zero attached hydrogens (tertiary/aromatic N) is 3. The Balaban J connectivity index is 1.91. The summed E-state index contributed by atoms with van der Waals surface area (Å²) in [5, 5.41) is 3.51. The van der Waals surface area contributed by atoms with Crippen molar-refractivity contribution in [1.82, 2.24) is 0 Å². The summed E-state index contributed by atoms with van der Waals surface area (Å²) in [6.07, 6.45) is -7.03. The third kappa shape index (κ3) is 7.17. The van der Waals surface area contributed by atoms with Crippen LogP contribution in [0.25, 0.3) is 10.4 Å². The molecule has 1 heterocycles. The molecule has 0 N–H and O–H groups in total. The summed E-state index contributed by atoms with van der Waals surface area (Å²) in [5.74, 6) is 0. The van der Waals surface area contributed by atoms with E-state index in [1.807, 2.05) is 0 Å². The van der Waals surface area contributed by atoms with Gasteiger partial charge >= 0.3 is 15.6 Å². The molecule has 0 unspecified atom stereocenters. The lowest BCUT2D eigenvalue weighted by Crippen LogP contribution is -2.46. The second kappa shape index (κ2) is 12.5. The number of hydrogen-bond acceptors (Lipinski definition) is 8. The Hall–Kier alpha value is -2.71. The average molecular weight is 532 g/mol. The molecule has 0 bridgehead atoms. The highest BCUT2D eigenvalue weighted by atomic mass is 32.2. The van der Waals surface area contributed by atoms with Gasteiger partial charge in [-0.2, -0.15) is 21.6 Å². The molecule has 2 aromatic carbocycles. The number of rotatable bonds is 12. The first kappa shape index (κ1) is 27.9. The molecule has 5 atom stereocenters. The van der Waals surface area contributed by atoms with E-state index in [1.54, 1.807) is 60.7 Å². The van der Waals surface area contributed by atoms with E-state index < -0.39 is 46.3 Å². The van der Waals surface area contributed by atoms with E-state index >= 15 is 0 Å². The number of ether oxygens (including phenoxy) is 4. The third-order valence-electron chi connectivity index (χ3n) is 5.24. The van der Waals surface area contributed by atoms with Crippen LogP contribution in [-0.2, 0) is 46.5 Å². The first-order valence-corrected chi connectivity index (χ1v) is 12.1. The minimum absolute atomic E-state index is 0.0434. The predicted octanol–water partition coefficient (Wildman–Crippen LogP) is 4.07. The maximum absolute atomic E-state index is 13.1. The van der Waals surface area contributed by atoms with Crippen molar-refractivity contribution in [2.75, 3.05) is 13.7 Å². The predicted molar refractivity (Wildman–Crippen MR) is 120 cm³/mol. The molecule has 3 rings (SSSR count). The molecule has 0 aromatic heterocycles. The number of alkyl halides is 3. The Labute approximate surface area is 205 Å². The van der Waals surface area contributed by atoms with Gasteiger partial charge in [0.15, 0.2) is 12.4 Å². The van der Waals surface area contributed by atoms with Crippen LogP contribution in [0.2, 0.25) is 0 Å². The Morgan fingerprint density at radius 3 is 2.14 bits per heavy atom. The number of methoxy groups -OCH3 is 1. The molecule has 1 aliphatic heterocycles. The molecule has 0 aliphatic carbocycles. The van der Waals surface area contributed by atoms with Gasteiger partial charge in [-0.25, -0.2) is 0 Å². The van der Waals surface area contributed by atoms with Gasteiger partial charge in [0.2, 0.25) is 0 Å². The van der Waals surface area contributed by atoms with Gasteiger partial charge in [0.1, 0.15) is 12.2 Å². The summed E-state index contributed by atoms with van der Waals surface area (Å²) in [5.41, 5.74) is 4.57. The molecular weight excluding hydrogens is 507 g/mol. The number of hydrogen-bond donors (Lipinski definition) is 0. The van der Waals surface area contributed by atoms with Crippen LogP contribution in [0.15, 0.2) is 65.8 Å². The van der Waals surface area contributed by atoms with E-state index in [-0.39, 0.29) is 19.8 Å². The van der Waals surface area contributed by atoms with Gasteiger partial charge in [0.25, 0.3) is 0 Å². The van der Waals surface area contributed by atoms with E-state index in [1.165, 1.54) is 0 Å². The zero-order valence-electron chi connectivity index (χ0n) is 19.0. The van der Waals surface area contributed by atoms with Crippen molar-refractivity contribution in [3.63, 3.8) is 0 Å². The summed E-state index contributed by atoms with van der Waals surface area (Å²) < 4.78 is 90.1. The molecule has 10 nitrogen and oxygen atoms in total. The quantitative estimate of drug-likeness (QED) is 0.133. The molecule has 0 amide bonds. The van der Waals surface area contributed by atoms with Crippen LogP contribution in [0.5, 0.6) is 0 Å². The number of azide groups is 1. The molecule has 0 spiro atoms. The van der Waals surface area contributed by atoms with E-state index in [4.69, 9.17) is 24.5 Å². The minimum atomic E-state index is -6.02. The average Bonchev–Trinajstić information content (AvgIpc) is 3.19. The van der Waals surface area contributed by atoms with Crippen LogP contribution in [0.1, 0.15) is 11.1 Å². The topological polar surface area (TPSA) is 129 Å². The Morgan fingerprint density at radius 2 is 1.61 bits per heavy atom. The third-order valence-corrected chi connectivity index (χ3v) is 6.29. The minimum Gasteiger partial charge on any atom is -0.371 e. The highest BCUT2D eigenvalue weighted by Crippen LogP contribution is 2.35. The van der Waals surface area contributed by atoms with E-state index in [2.05, 4.69) is 14.2 Å². The summed E-state index contributed by atoms with van der Waals surface area (Å²) in [6.45, 7) is -0.350. The molecule has 36 heavy (non-hydrogen) atoms. The van der Waals surface area contributed by atoms with Crippen LogP contribution in [0.3, 0.4) is 0 Å². The zero-order valence-corrected chi connectivity index (χ0v) is 19.8. The van der Waals surface area contributed by atoms with Gasteiger partial charge in [0.05, 0.1) is 25.9 Å². The van der Waals surface area contributed by atoms with Crippen molar-refractivity contribution in [3.05, 3.63) is 82.2 Å². The van der Waals surface area contributed by atoms with Crippen LogP contribution < -0.4 is 0 Å². The molecule has 196 valence electrons. The van der Waals surface area contributed by atoms with Crippen LogP contribution >= 0.6 is 0 Å². The Bertz CT molecular complexity index is 1120. The van der Waals surface area contributed by atoms with Gasteiger partial charge in [-0.3, -0.25) is 4.18 Å². The van der Waals surface area contributed by atoms with Gasteiger partial charge < -0.3 is 18.9 Å². The summed E-state index contributed by atoms with van der Waals surface area (Å²) in [4.78, 5) is 2.71. The standard InChI is InChI=1S/C22H24F3N3O7S/c1-31-21-20(35-36(29,30)22(23,24)25)19(33-14-16-10-6-3-7-11-16)18(34-21)17(12-27-28-26)32-13-15-8-4-2-5-9-15/h2-11,17-21H,12-14H2,1H3/t17-,18-,19+,20-,21-/m1/s1. The monoisotopic (exact) mass is 531 g/mol. The van der Waals surface area contributed by atoms with Gasteiger partial charge in [-0.1, -0.05) is 65.8 Å². The van der Waals surface area contributed by atoms with Crippen LogP contribution in [0, 0.1) is 0 Å². The second-order valence-electron chi connectivity index (χ2n) is 7.68. The van der Waals surface area contributed by atoms with Crippen molar-refractivity contribution >= 4 is 10.1 Å². The van der Waals surface area contributed by atoms with Gasteiger partial charge in [-0.05, 0) is 16.7 Å². The second-order valence-corrected chi connectivity index (χ2v) is 9.24. The Morgan fingerprint density at radius 1 is 1.03 bits per heavy atom. The number of halogens is 3. The highest BCUT2D eigenvalue weighted by Gasteiger charge is 2.56. The van der Waals surface area contributed by atoms with Crippen LogP contribution in [-0.4, -0.2) is 58.3 Å². The van der Waals surface area contributed by atoms with E-state index in [9.17, 15) is 21.6 Å². The lowest BCUT2D eigenvalue weighted by atomic mass is 10.0. The highest BCUT2D eigenvalue weighted by molar-refractivity contribution is 7.87. The van der Waals surface area contributed by atoms with Crippen molar-refractivity contribution in [3.8, 4) is 0 Å². The zero-order chi connectivity index (χ0) is 26.2. The fourth-order valence-corrected chi connectivity index (χ4v) is 4.15. The van der Waals surface area contributed by atoms with Gasteiger partial charge in [0, 0.05) is 12.0 Å². The first-order chi connectivity index (χ1) is 17.2. The number of benzene rings is 2. The molecule has 0 saturated carbocycles. The Kier molecular flexibility index (Phi) is 9.68. The summed E-state index contributed by atoms with van der Waals surface area (Å²) in [7, 11) is -4.91.